The van der Waals surface area contributed by atoms with Gasteiger partial charge in [0.2, 0.25) is 13.2 Å². The fourth-order valence-corrected chi connectivity index (χ4v) is 7.33. The van der Waals surface area contributed by atoms with Crippen LogP contribution in [0, 0.1) is 0 Å². The summed E-state index contributed by atoms with van der Waals surface area (Å²) in [6.45, 7) is -4.88. The van der Waals surface area contributed by atoms with E-state index in [-0.39, 0.29) is 61.6 Å². The standard InChI is InChI=1S/C21H28N10O9P2S2/c22-15-13-16(25-7-24-15)30(8-26-13)10-2-21(5-32,36-3-10)6-38-42(35,44)40-12-1-11(4-37-41(34)43)39-19(12)31-9-27-14-17(31)28-20(23)29-18(14)33/h7-12,19,32,41H,1-6H2,(H,34,43)(H,35,44)(H2,22,24,25)(H3,23,28,29,33)/t10?,11-,12-,19+,21+,42?/m0/s1. The Morgan fingerprint density at radius 2 is 1.98 bits per heavy atom. The van der Waals surface area contributed by atoms with Crippen molar-refractivity contribution in [2.75, 3.05) is 37.9 Å². The van der Waals surface area contributed by atoms with Gasteiger partial charge in [-0.25, -0.2) is 24.5 Å². The van der Waals surface area contributed by atoms with E-state index in [0.29, 0.717) is 11.2 Å². The number of hydrogen-bond acceptors (Lipinski definition) is 16. The van der Waals surface area contributed by atoms with E-state index in [0.717, 1.165) is 0 Å². The average molecular weight is 691 g/mol. The molecule has 4 aromatic heterocycles. The van der Waals surface area contributed by atoms with E-state index < -0.39 is 50.2 Å². The first kappa shape index (κ1) is 31.4. The van der Waals surface area contributed by atoms with Gasteiger partial charge in [-0.1, -0.05) is 24.5 Å². The van der Waals surface area contributed by atoms with Crippen LogP contribution < -0.4 is 17.0 Å². The predicted octanol–water partition coefficient (Wildman–Crippen LogP) is 0.880. The molecule has 0 saturated carbocycles. The van der Waals surface area contributed by atoms with Crippen molar-refractivity contribution in [2.45, 2.75) is 42.9 Å². The number of nitrogens with zero attached hydrogens (tertiary/aromatic N) is 7. The van der Waals surface area contributed by atoms with E-state index in [1.807, 2.05) is 0 Å². The van der Waals surface area contributed by atoms with Gasteiger partial charge >= 0.3 is 6.80 Å². The molecule has 238 valence electrons. The van der Waals surface area contributed by atoms with Crippen LogP contribution in [0.4, 0.5) is 11.8 Å². The number of thiol groups is 2. The van der Waals surface area contributed by atoms with E-state index >= 15 is 0 Å². The van der Waals surface area contributed by atoms with Crippen LogP contribution in [-0.2, 0) is 32.2 Å². The second kappa shape index (κ2) is 12.3. The summed E-state index contributed by atoms with van der Waals surface area (Å²) in [6.07, 6.45) is 1.85. The molecule has 2 saturated heterocycles. The Morgan fingerprint density at radius 1 is 1.20 bits per heavy atom. The first-order valence-electron chi connectivity index (χ1n) is 13.0. The molecule has 0 amide bonds. The number of nitrogen functional groups attached to an aromatic ring is 2. The molecule has 0 aliphatic carbocycles. The highest BCUT2D eigenvalue weighted by Crippen LogP contribution is 2.57. The lowest BCUT2D eigenvalue weighted by molar-refractivity contribution is -0.0710. The van der Waals surface area contributed by atoms with Crippen molar-refractivity contribution in [1.82, 2.24) is 39.0 Å². The normalized spacial score (nSPS) is 27.7. The highest BCUT2D eigenvalue weighted by atomic mass is 32.7. The first-order chi connectivity index (χ1) is 21.0. The summed E-state index contributed by atoms with van der Waals surface area (Å²) in [6, 6.07) is -0.296. The minimum absolute atomic E-state index is 0.00962. The molecule has 6 heterocycles. The van der Waals surface area contributed by atoms with Gasteiger partial charge in [0.1, 0.15) is 23.5 Å². The maximum Gasteiger partial charge on any atom is 0.386 e. The molecule has 2 fully saturated rings. The highest BCUT2D eigenvalue weighted by molar-refractivity contribution is 8.44. The lowest BCUT2D eigenvalue weighted by Crippen LogP contribution is -2.38. The Morgan fingerprint density at radius 3 is 2.75 bits per heavy atom. The molecule has 23 heteroatoms. The molecule has 6 N–H and O–H groups in total. The summed E-state index contributed by atoms with van der Waals surface area (Å²) in [5.41, 5.74) is 10.8. The Labute approximate surface area is 258 Å². The Balaban J connectivity index is 1.18. The predicted molar refractivity (Wildman–Crippen MR) is 162 cm³/mol. The van der Waals surface area contributed by atoms with E-state index in [4.69, 9.17) is 34.5 Å². The van der Waals surface area contributed by atoms with E-state index in [9.17, 15) is 19.0 Å². The van der Waals surface area contributed by atoms with Gasteiger partial charge in [-0.2, -0.15) is 4.98 Å². The highest BCUT2D eigenvalue weighted by Gasteiger charge is 2.46. The quantitative estimate of drug-likeness (QED) is 0.0942. The summed E-state index contributed by atoms with van der Waals surface area (Å²) in [5, 5.41) is 10.3. The molecule has 0 bridgehead atoms. The number of aromatic nitrogens is 8. The van der Waals surface area contributed by atoms with Crippen molar-refractivity contribution in [1.29, 1.82) is 0 Å². The molecule has 0 aromatic carbocycles. The van der Waals surface area contributed by atoms with E-state index in [1.54, 1.807) is 10.9 Å². The number of rotatable bonds is 11. The number of nitrogens with one attached hydrogen (secondary N) is 1. The zero-order valence-electron chi connectivity index (χ0n) is 22.6. The largest absolute Gasteiger partial charge is 0.393 e. The maximum atomic E-state index is 13.5. The molecule has 6 rings (SSSR count). The van der Waals surface area contributed by atoms with Crippen LogP contribution in [-0.4, -0.2) is 88.4 Å². The second-order valence-electron chi connectivity index (χ2n) is 10.2. The van der Waals surface area contributed by atoms with Crippen molar-refractivity contribution in [3.63, 3.8) is 0 Å². The average Bonchev–Trinajstić information content (AvgIpc) is 3.76. The SMILES string of the molecule is Nc1nc2c(ncn2[C@@H]2O[C@H](CO[PH](=O)S)C[C@@H]2OP(=O)(S)OC[C@]2(CO)CC(n3cnc4c(N)ncnc43)CO2)c(=O)[nH]1. The lowest BCUT2D eigenvalue weighted by Gasteiger charge is -2.28. The monoisotopic (exact) mass is 690 g/mol. The molecule has 3 unspecified atom stereocenters. The number of H-pyrrole nitrogens is 1. The summed E-state index contributed by atoms with van der Waals surface area (Å²) < 4.78 is 56.8. The number of hydrogen-bond donors (Lipinski definition) is 6. The number of nitrogens with two attached hydrogens (primary N) is 2. The molecule has 19 nitrogen and oxygen atoms in total. The Bertz CT molecular complexity index is 1820. The maximum absolute atomic E-state index is 13.5. The number of aromatic amines is 1. The van der Waals surface area contributed by atoms with Gasteiger partial charge in [0.15, 0.2) is 28.9 Å². The molecular weight excluding hydrogens is 662 g/mol. The van der Waals surface area contributed by atoms with E-state index in [2.05, 4.69) is 54.4 Å². The number of imidazole rings is 2. The van der Waals surface area contributed by atoms with Gasteiger partial charge < -0.3 is 35.1 Å². The van der Waals surface area contributed by atoms with Gasteiger partial charge in [-0.3, -0.25) is 28.0 Å². The number of aliphatic hydroxyl groups is 1. The summed E-state index contributed by atoms with van der Waals surface area (Å²) >= 11 is 7.96. The molecule has 7 atom stereocenters. The van der Waals surface area contributed by atoms with E-state index in [1.165, 1.54) is 17.2 Å². The minimum atomic E-state index is -4.15. The third-order valence-corrected chi connectivity index (χ3v) is 9.70. The van der Waals surface area contributed by atoms with Crippen molar-refractivity contribution in [3.05, 3.63) is 29.3 Å². The molecule has 0 spiro atoms. The lowest BCUT2D eigenvalue weighted by atomic mass is 10.00. The fraction of sp³-hybridized carbons (Fsp3) is 0.524. The second-order valence-corrected chi connectivity index (χ2v) is 15.0. The Kier molecular flexibility index (Phi) is 8.79. The smallest absolute Gasteiger partial charge is 0.386 e. The van der Waals surface area contributed by atoms with Crippen molar-refractivity contribution in [2.24, 2.45) is 0 Å². The molecule has 0 radical (unpaired) electrons. The zero-order chi connectivity index (χ0) is 31.2. The van der Waals surface area contributed by atoms with Crippen LogP contribution in [0.15, 0.2) is 23.8 Å². The van der Waals surface area contributed by atoms with Crippen molar-refractivity contribution in [3.8, 4) is 0 Å². The fourth-order valence-electron chi connectivity index (χ4n) is 5.25. The van der Waals surface area contributed by atoms with Gasteiger partial charge in [0, 0.05) is 12.8 Å². The molecule has 44 heavy (non-hydrogen) atoms. The van der Waals surface area contributed by atoms with Crippen molar-refractivity contribution >= 4 is 72.6 Å². The van der Waals surface area contributed by atoms with Crippen molar-refractivity contribution < 1.29 is 37.3 Å². The summed E-state index contributed by atoms with van der Waals surface area (Å²) in [4.78, 5) is 35.4. The molecule has 2 aliphatic heterocycles. The number of anilines is 2. The molecular formula is C21H28N10O9P2S2. The van der Waals surface area contributed by atoms with Gasteiger partial charge in [-0.05, 0) is 0 Å². The number of fused-ring (bicyclic) bond motifs is 2. The zero-order valence-corrected chi connectivity index (χ0v) is 26.3. The molecule has 2 aliphatic rings. The van der Waals surface area contributed by atoms with Crippen LogP contribution in [0.5, 0.6) is 0 Å². The summed E-state index contributed by atoms with van der Waals surface area (Å²) in [7, 11) is -2.57. The van der Waals surface area contributed by atoms with Gasteiger partial charge in [-0.15, -0.1) is 0 Å². The summed E-state index contributed by atoms with van der Waals surface area (Å²) in [5.74, 6) is 0.0792. The van der Waals surface area contributed by atoms with Gasteiger partial charge in [0.25, 0.3) is 5.56 Å². The van der Waals surface area contributed by atoms with Crippen LogP contribution in [0.2, 0.25) is 0 Å². The van der Waals surface area contributed by atoms with Crippen LogP contribution in [0.3, 0.4) is 0 Å². The first-order valence-corrected chi connectivity index (χ1v) is 18.3. The molecule has 4 aromatic rings. The van der Waals surface area contributed by atoms with Crippen LogP contribution in [0.1, 0.15) is 25.1 Å². The van der Waals surface area contributed by atoms with Gasteiger partial charge in [0.05, 0.1) is 51.2 Å². The third-order valence-electron chi connectivity index (χ3n) is 7.28. The third kappa shape index (κ3) is 6.26. The number of ether oxygens (including phenoxy) is 2. The minimum Gasteiger partial charge on any atom is -0.393 e. The topological polar surface area (TPSA) is 260 Å². The van der Waals surface area contributed by atoms with Crippen LogP contribution in [0.25, 0.3) is 22.3 Å². The van der Waals surface area contributed by atoms with Crippen LogP contribution >= 0.6 is 38.5 Å². The number of aliphatic hydroxyl groups excluding tert-OH is 1. The Hall–Kier alpha value is -2.58.